The number of carbonyl (C=O) groups is 1. The van der Waals surface area contributed by atoms with Gasteiger partial charge < -0.3 is 10.2 Å². The Morgan fingerprint density at radius 1 is 1.00 bits per heavy atom. The lowest BCUT2D eigenvalue weighted by atomic mass is 10.1. The molecule has 5 nitrogen and oxygen atoms in total. The average Bonchev–Trinajstić information content (AvgIpc) is 3.14. The molecule has 3 aromatic rings. The van der Waals surface area contributed by atoms with Crippen molar-refractivity contribution in [1.82, 2.24) is 9.97 Å². The fraction of sp³-hybridized carbons (Fsp3) is 0.286. The van der Waals surface area contributed by atoms with Gasteiger partial charge in [-0.25, -0.2) is 9.97 Å². The normalized spacial score (nSPS) is 14.0. The van der Waals surface area contributed by atoms with Crippen LogP contribution in [0.25, 0.3) is 10.9 Å². The van der Waals surface area contributed by atoms with Gasteiger partial charge >= 0.3 is 0 Å². The summed E-state index contributed by atoms with van der Waals surface area (Å²) in [6.07, 6.45) is 4.01. The van der Waals surface area contributed by atoms with Gasteiger partial charge in [0.15, 0.2) is 0 Å². The van der Waals surface area contributed by atoms with Crippen molar-refractivity contribution in [3.8, 4) is 0 Å². The molecule has 0 saturated carbocycles. The molecule has 1 aliphatic heterocycles. The molecule has 5 heteroatoms. The molecule has 0 bridgehead atoms. The number of hydrogen-bond donors (Lipinski definition) is 1. The highest BCUT2D eigenvalue weighted by Gasteiger charge is 2.17. The zero-order chi connectivity index (χ0) is 18.1. The van der Waals surface area contributed by atoms with Gasteiger partial charge in [-0.3, -0.25) is 4.79 Å². The molecular weight excluding hydrogens is 324 g/mol. The van der Waals surface area contributed by atoms with Gasteiger partial charge in [0.25, 0.3) is 5.91 Å². The lowest BCUT2D eigenvalue weighted by Crippen LogP contribution is -2.19. The molecule has 0 atom stereocenters. The number of benzene rings is 2. The molecule has 0 radical (unpaired) electrons. The van der Waals surface area contributed by atoms with Crippen molar-refractivity contribution in [2.24, 2.45) is 0 Å². The minimum Gasteiger partial charge on any atom is -0.356 e. The molecule has 1 N–H and O–H groups in total. The second kappa shape index (κ2) is 6.75. The van der Waals surface area contributed by atoms with Crippen molar-refractivity contribution < 1.29 is 4.79 Å². The Morgan fingerprint density at radius 2 is 1.73 bits per heavy atom. The van der Waals surface area contributed by atoms with Crippen molar-refractivity contribution in [2.45, 2.75) is 26.7 Å². The Morgan fingerprint density at radius 3 is 2.46 bits per heavy atom. The first-order valence-electron chi connectivity index (χ1n) is 8.99. The molecule has 0 aliphatic carbocycles. The number of amides is 1. The first-order valence-corrected chi connectivity index (χ1v) is 8.99. The van der Waals surface area contributed by atoms with E-state index in [1.807, 2.05) is 44.2 Å². The summed E-state index contributed by atoms with van der Waals surface area (Å²) in [6, 6.07) is 11.7. The summed E-state index contributed by atoms with van der Waals surface area (Å²) in [6.45, 7) is 6.07. The van der Waals surface area contributed by atoms with Crippen LogP contribution in [0.2, 0.25) is 0 Å². The molecule has 132 valence electrons. The summed E-state index contributed by atoms with van der Waals surface area (Å²) in [5, 5.41) is 4.01. The van der Waals surface area contributed by atoms with Crippen LogP contribution in [0.4, 0.5) is 11.5 Å². The number of rotatable bonds is 3. The van der Waals surface area contributed by atoms with Crippen molar-refractivity contribution in [3.63, 3.8) is 0 Å². The molecule has 2 heterocycles. The number of anilines is 2. The fourth-order valence-electron chi connectivity index (χ4n) is 3.61. The summed E-state index contributed by atoms with van der Waals surface area (Å²) in [5.41, 5.74) is 4.42. The zero-order valence-corrected chi connectivity index (χ0v) is 15.1. The van der Waals surface area contributed by atoms with E-state index in [0.29, 0.717) is 5.56 Å². The molecular formula is C21H22N4O. The lowest BCUT2D eigenvalue weighted by Gasteiger charge is -2.18. The van der Waals surface area contributed by atoms with Crippen LogP contribution >= 0.6 is 0 Å². The molecule has 1 aliphatic rings. The van der Waals surface area contributed by atoms with Gasteiger partial charge in [0.05, 0.1) is 5.52 Å². The van der Waals surface area contributed by atoms with Crippen LogP contribution in [0.15, 0.2) is 42.7 Å². The smallest absolute Gasteiger partial charge is 0.255 e. The van der Waals surface area contributed by atoms with E-state index in [1.165, 1.54) is 12.8 Å². The van der Waals surface area contributed by atoms with Crippen molar-refractivity contribution in [3.05, 3.63) is 59.4 Å². The van der Waals surface area contributed by atoms with Crippen LogP contribution < -0.4 is 10.2 Å². The average molecular weight is 346 g/mol. The summed E-state index contributed by atoms with van der Waals surface area (Å²) in [5.74, 6) is 0.879. The van der Waals surface area contributed by atoms with Crippen molar-refractivity contribution >= 4 is 28.3 Å². The van der Waals surface area contributed by atoms with Gasteiger partial charge in [0.1, 0.15) is 12.1 Å². The van der Waals surface area contributed by atoms with Gasteiger partial charge in [0, 0.05) is 29.7 Å². The maximum Gasteiger partial charge on any atom is 0.255 e. The Balaban J connectivity index is 1.62. The highest BCUT2D eigenvalue weighted by molar-refractivity contribution is 6.05. The molecule has 1 saturated heterocycles. The van der Waals surface area contributed by atoms with Crippen LogP contribution in [0, 0.1) is 13.8 Å². The van der Waals surface area contributed by atoms with E-state index < -0.39 is 0 Å². The highest BCUT2D eigenvalue weighted by atomic mass is 16.1. The van der Waals surface area contributed by atoms with Crippen molar-refractivity contribution in [2.75, 3.05) is 23.3 Å². The van der Waals surface area contributed by atoms with E-state index in [9.17, 15) is 4.79 Å². The number of hydrogen-bond acceptors (Lipinski definition) is 4. The summed E-state index contributed by atoms with van der Waals surface area (Å²) in [4.78, 5) is 23.7. The summed E-state index contributed by atoms with van der Waals surface area (Å²) >= 11 is 0. The number of nitrogens with one attached hydrogen (secondary N) is 1. The topological polar surface area (TPSA) is 58.1 Å². The molecule has 2 aromatic carbocycles. The third kappa shape index (κ3) is 3.25. The SMILES string of the molecule is Cc1cc(C)cc(C(=O)Nc2ccc3c(N4CCCC4)ncnc3c2)c1. The number of aromatic nitrogens is 2. The molecule has 1 aromatic heterocycles. The number of carbonyl (C=O) groups excluding carboxylic acids is 1. The predicted molar refractivity (Wildman–Crippen MR) is 105 cm³/mol. The fourth-order valence-corrected chi connectivity index (χ4v) is 3.61. The Hall–Kier alpha value is -2.95. The van der Waals surface area contributed by atoms with E-state index in [1.54, 1.807) is 6.33 Å². The molecule has 0 spiro atoms. The third-order valence-corrected chi connectivity index (χ3v) is 4.76. The van der Waals surface area contributed by atoms with Crippen LogP contribution in [0.3, 0.4) is 0 Å². The van der Waals surface area contributed by atoms with Gasteiger partial charge in [-0.2, -0.15) is 0 Å². The van der Waals surface area contributed by atoms with E-state index in [2.05, 4.69) is 26.3 Å². The lowest BCUT2D eigenvalue weighted by molar-refractivity contribution is 0.102. The molecule has 26 heavy (non-hydrogen) atoms. The van der Waals surface area contributed by atoms with Gasteiger partial charge in [-0.1, -0.05) is 17.2 Å². The van der Waals surface area contributed by atoms with E-state index in [4.69, 9.17) is 0 Å². The second-order valence-electron chi connectivity index (χ2n) is 6.95. The Labute approximate surface area is 153 Å². The largest absolute Gasteiger partial charge is 0.356 e. The second-order valence-corrected chi connectivity index (χ2v) is 6.95. The quantitative estimate of drug-likeness (QED) is 0.776. The van der Waals surface area contributed by atoms with Crippen LogP contribution in [0.1, 0.15) is 34.3 Å². The zero-order valence-electron chi connectivity index (χ0n) is 15.1. The maximum absolute atomic E-state index is 12.6. The summed E-state index contributed by atoms with van der Waals surface area (Å²) < 4.78 is 0. The standard InChI is InChI=1S/C21H22N4O/c1-14-9-15(2)11-16(10-14)21(26)24-17-5-6-18-19(12-17)22-13-23-20(18)25-7-3-4-8-25/h5-6,9-13H,3-4,7-8H2,1-2H3,(H,24,26). The van der Waals surface area contributed by atoms with Gasteiger partial charge in [-0.05, 0) is 57.0 Å². The Bertz CT molecular complexity index is 957. The molecule has 4 rings (SSSR count). The monoisotopic (exact) mass is 346 g/mol. The van der Waals surface area contributed by atoms with Gasteiger partial charge in [0.2, 0.25) is 0 Å². The van der Waals surface area contributed by atoms with Crippen molar-refractivity contribution in [1.29, 1.82) is 0 Å². The van der Waals surface area contributed by atoms with E-state index in [0.717, 1.165) is 46.6 Å². The minimum absolute atomic E-state index is 0.107. The van der Waals surface area contributed by atoms with Crippen LogP contribution in [0.5, 0.6) is 0 Å². The minimum atomic E-state index is -0.107. The predicted octanol–water partition coefficient (Wildman–Crippen LogP) is 4.10. The first kappa shape index (κ1) is 16.5. The van der Waals surface area contributed by atoms with E-state index in [-0.39, 0.29) is 5.91 Å². The number of fused-ring (bicyclic) bond motifs is 1. The third-order valence-electron chi connectivity index (χ3n) is 4.76. The Kier molecular flexibility index (Phi) is 4.29. The summed E-state index contributed by atoms with van der Waals surface area (Å²) in [7, 11) is 0. The van der Waals surface area contributed by atoms with Crippen LogP contribution in [-0.2, 0) is 0 Å². The number of nitrogens with zero attached hydrogens (tertiary/aromatic N) is 3. The molecule has 0 unspecified atom stereocenters. The molecule has 1 fully saturated rings. The van der Waals surface area contributed by atoms with E-state index >= 15 is 0 Å². The van der Waals surface area contributed by atoms with Gasteiger partial charge in [-0.15, -0.1) is 0 Å². The number of aryl methyl sites for hydroxylation is 2. The first-order chi connectivity index (χ1) is 12.6. The van der Waals surface area contributed by atoms with Crippen LogP contribution in [-0.4, -0.2) is 29.0 Å². The highest BCUT2D eigenvalue weighted by Crippen LogP contribution is 2.28. The maximum atomic E-state index is 12.6. The molecule has 1 amide bonds.